The normalized spacial score (nSPS) is 24.9. The van der Waals surface area contributed by atoms with E-state index in [2.05, 4.69) is 0 Å². The summed E-state index contributed by atoms with van der Waals surface area (Å²) in [7, 11) is -3.65. The average molecular weight is 398 g/mol. The summed E-state index contributed by atoms with van der Waals surface area (Å²) in [6.07, 6.45) is -0.425. The van der Waals surface area contributed by atoms with Crippen LogP contribution in [-0.2, 0) is 28.6 Å². The van der Waals surface area contributed by atoms with E-state index in [1.54, 1.807) is 23.1 Å². The van der Waals surface area contributed by atoms with Crippen LogP contribution in [-0.4, -0.2) is 71.8 Å². The van der Waals surface area contributed by atoms with Crippen molar-refractivity contribution in [3.8, 4) is 5.75 Å². The predicted octanol–water partition coefficient (Wildman–Crippen LogP) is 0.112. The van der Waals surface area contributed by atoms with E-state index in [-0.39, 0.29) is 25.7 Å². The van der Waals surface area contributed by atoms with Crippen molar-refractivity contribution in [2.75, 3.05) is 49.0 Å². The minimum atomic E-state index is -3.65. The van der Waals surface area contributed by atoms with Crippen LogP contribution in [0.2, 0.25) is 0 Å². The van der Waals surface area contributed by atoms with E-state index in [0.717, 1.165) is 6.26 Å². The Hall–Kier alpha value is -2.37. The minimum absolute atomic E-state index is 0.0283. The van der Waals surface area contributed by atoms with E-state index in [9.17, 15) is 18.0 Å². The van der Waals surface area contributed by atoms with Crippen molar-refractivity contribution >= 4 is 33.5 Å². The van der Waals surface area contributed by atoms with Crippen LogP contribution in [0, 0.1) is 0 Å². The van der Waals surface area contributed by atoms with Crippen LogP contribution in [0.5, 0.6) is 5.75 Å². The smallest absolute Gasteiger partial charge is 0.415 e. The molecule has 3 aliphatic rings. The second-order valence-electron chi connectivity index (χ2n) is 6.41. The summed E-state index contributed by atoms with van der Waals surface area (Å²) in [5.41, 5.74) is 1.16. The fourth-order valence-corrected chi connectivity index (χ4v) is 3.69. The van der Waals surface area contributed by atoms with Crippen LogP contribution < -0.4 is 14.5 Å². The third kappa shape index (κ3) is 3.45. The number of hydrogen-bond acceptors (Lipinski definition) is 8. The second kappa shape index (κ2) is 6.66. The van der Waals surface area contributed by atoms with Crippen LogP contribution in [0.1, 0.15) is 0 Å². The number of nitrogens with zero attached hydrogens (tertiary/aromatic N) is 2. The van der Waals surface area contributed by atoms with Gasteiger partial charge in [0.05, 0.1) is 18.6 Å². The van der Waals surface area contributed by atoms with Crippen LogP contribution in [0.15, 0.2) is 18.2 Å². The van der Waals surface area contributed by atoms with E-state index in [1.807, 2.05) is 0 Å². The Bertz CT molecular complexity index is 886. The standard InChI is InChI=1S/C16H18N2O8S/c1-27(21,22)25-8-14-12-7-24-13-6-10(17-4-5-23-9-15(17)19)2-3-11(13)18(12)16(20)26-14/h2-3,6,12,14H,4-5,7-9H2,1H3/t12-,14+/m1/s1. The first kappa shape index (κ1) is 18.0. The summed E-state index contributed by atoms with van der Waals surface area (Å²) in [6.45, 7) is 0.769. The van der Waals surface area contributed by atoms with Gasteiger partial charge in [-0.15, -0.1) is 0 Å². The number of morpholine rings is 1. The molecule has 0 saturated carbocycles. The summed E-state index contributed by atoms with van der Waals surface area (Å²) in [6, 6.07) is 4.60. The first-order chi connectivity index (χ1) is 12.8. The van der Waals surface area contributed by atoms with E-state index in [0.29, 0.717) is 30.3 Å². The van der Waals surface area contributed by atoms with Crippen LogP contribution in [0.3, 0.4) is 0 Å². The zero-order valence-corrected chi connectivity index (χ0v) is 15.3. The molecule has 0 bridgehead atoms. The summed E-state index contributed by atoms with van der Waals surface area (Å²) in [4.78, 5) is 27.3. The van der Waals surface area contributed by atoms with Gasteiger partial charge in [-0.1, -0.05) is 0 Å². The number of rotatable bonds is 4. The Morgan fingerprint density at radius 3 is 2.85 bits per heavy atom. The first-order valence-corrected chi connectivity index (χ1v) is 10.1. The van der Waals surface area contributed by atoms with Gasteiger partial charge in [0.25, 0.3) is 16.0 Å². The van der Waals surface area contributed by atoms with Gasteiger partial charge in [0, 0.05) is 18.3 Å². The van der Waals surface area contributed by atoms with Crippen molar-refractivity contribution in [3.63, 3.8) is 0 Å². The topological polar surface area (TPSA) is 112 Å². The number of anilines is 2. The molecule has 3 heterocycles. The van der Waals surface area contributed by atoms with Crippen molar-refractivity contribution in [2.24, 2.45) is 0 Å². The van der Waals surface area contributed by atoms with Gasteiger partial charge in [-0.05, 0) is 12.1 Å². The molecule has 1 aromatic carbocycles. The van der Waals surface area contributed by atoms with Gasteiger partial charge < -0.3 is 19.1 Å². The number of cyclic esters (lactones) is 1. The van der Waals surface area contributed by atoms with E-state index < -0.39 is 28.4 Å². The molecule has 10 nitrogen and oxygen atoms in total. The van der Waals surface area contributed by atoms with Crippen LogP contribution in [0.4, 0.5) is 16.2 Å². The molecule has 2 fully saturated rings. The lowest BCUT2D eigenvalue weighted by Gasteiger charge is -2.33. The Morgan fingerprint density at radius 2 is 2.11 bits per heavy atom. The monoisotopic (exact) mass is 398 g/mol. The van der Waals surface area contributed by atoms with Gasteiger partial charge in [-0.25, -0.2) is 4.79 Å². The van der Waals surface area contributed by atoms with Crippen molar-refractivity contribution in [2.45, 2.75) is 12.1 Å². The van der Waals surface area contributed by atoms with Gasteiger partial charge in [-0.2, -0.15) is 8.42 Å². The molecule has 0 spiro atoms. The van der Waals surface area contributed by atoms with E-state index in [4.69, 9.17) is 18.4 Å². The number of ether oxygens (including phenoxy) is 3. The molecule has 2 atom stereocenters. The van der Waals surface area contributed by atoms with Gasteiger partial charge in [-0.3, -0.25) is 13.9 Å². The highest BCUT2D eigenvalue weighted by Gasteiger charge is 2.47. The summed E-state index contributed by atoms with van der Waals surface area (Å²) < 4.78 is 43.3. The molecule has 146 valence electrons. The summed E-state index contributed by atoms with van der Waals surface area (Å²) in [5.74, 6) is 0.304. The molecule has 2 saturated heterocycles. The lowest BCUT2D eigenvalue weighted by atomic mass is 10.1. The second-order valence-corrected chi connectivity index (χ2v) is 8.05. The summed E-state index contributed by atoms with van der Waals surface area (Å²) in [5, 5.41) is 0. The van der Waals surface area contributed by atoms with Gasteiger partial charge in [0.1, 0.15) is 31.6 Å². The average Bonchev–Trinajstić information content (AvgIpc) is 2.96. The molecule has 0 aliphatic carbocycles. The number of carbonyl (C=O) groups excluding carboxylic acids is 2. The Balaban J connectivity index is 1.57. The van der Waals surface area contributed by atoms with Crippen LogP contribution >= 0.6 is 0 Å². The Morgan fingerprint density at radius 1 is 1.30 bits per heavy atom. The number of fused-ring (bicyclic) bond motifs is 3. The molecule has 1 aromatic rings. The molecule has 0 unspecified atom stereocenters. The molecule has 0 N–H and O–H groups in total. The molecule has 0 radical (unpaired) electrons. The van der Waals surface area contributed by atoms with Gasteiger partial charge >= 0.3 is 6.09 Å². The Kier molecular flexibility index (Phi) is 4.44. The largest absolute Gasteiger partial charge is 0.489 e. The molecule has 0 aromatic heterocycles. The van der Waals surface area contributed by atoms with E-state index in [1.165, 1.54) is 4.90 Å². The Labute approximate surface area is 155 Å². The highest BCUT2D eigenvalue weighted by molar-refractivity contribution is 7.85. The van der Waals surface area contributed by atoms with Crippen LogP contribution in [0.25, 0.3) is 0 Å². The molecule has 27 heavy (non-hydrogen) atoms. The predicted molar refractivity (Wildman–Crippen MR) is 92.4 cm³/mol. The molecule has 3 aliphatic heterocycles. The fraction of sp³-hybridized carbons (Fsp3) is 0.500. The van der Waals surface area contributed by atoms with Gasteiger partial charge in [0.15, 0.2) is 6.10 Å². The molecular weight excluding hydrogens is 380 g/mol. The number of amides is 2. The third-order valence-electron chi connectivity index (χ3n) is 4.57. The van der Waals surface area contributed by atoms with Gasteiger partial charge in [0.2, 0.25) is 0 Å². The highest BCUT2D eigenvalue weighted by Crippen LogP contribution is 2.41. The summed E-state index contributed by atoms with van der Waals surface area (Å²) >= 11 is 0. The van der Waals surface area contributed by atoms with E-state index >= 15 is 0 Å². The zero-order valence-electron chi connectivity index (χ0n) is 14.5. The third-order valence-corrected chi connectivity index (χ3v) is 5.13. The van der Waals surface area contributed by atoms with Crippen molar-refractivity contribution in [3.05, 3.63) is 18.2 Å². The molecule has 4 rings (SSSR count). The van der Waals surface area contributed by atoms with Crippen molar-refractivity contribution in [1.29, 1.82) is 0 Å². The minimum Gasteiger partial charge on any atom is -0.489 e. The van der Waals surface area contributed by atoms with Crippen molar-refractivity contribution in [1.82, 2.24) is 0 Å². The lowest BCUT2D eigenvalue weighted by Crippen LogP contribution is -2.46. The maximum Gasteiger partial charge on any atom is 0.415 e. The maximum atomic E-state index is 12.3. The van der Waals surface area contributed by atoms with Crippen molar-refractivity contribution < 1.29 is 36.4 Å². The maximum absolute atomic E-state index is 12.3. The number of benzene rings is 1. The fourth-order valence-electron chi connectivity index (χ4n) is 3.31. The highest BCUT2D eigenvalue weighted by atomic mass is 32.2. The first-order valence-electron chi connectivity index (χ1n) is 8.33. The quantitative estimate of drug-likeness (QED) is 0.657. The number of hydrogen-bond donors (Lipinski definition) is 0. The SMILES string of the molecule is CS(=O)(=O)OC[C@@H]1OC(=O)N2c3ccc(N4CCOCC4=O)cc3OC[C@H]12. The zero-order chi connectivity index (χ0) is 19.2. The molecule has 2 amide bonds. The lowest BCUT2D eigenvalue weighted by molar-refractivity contribution is -0.125. The number of carbonyl (C=O) groups is 2. The molecular formula is C16H18N2O8S. The molecule has 11 heteroatoms.